The summed E-state index contributed by atoms with van der Waals surface area (Å²) in [4.78, 5) is 14.2. The number of anilines is 1. The fraction of sp³-hybridized carbons (Fsp3) is 0.111. The van der Waals surface area contributed by atoms with E-state index >= 15 is 0 Å². The summed E-state index contributed by atoms with van der Waals surface area (Å²) in [5.74, 6) is -0.0419. The van der Waals surface area contributed by atoms with Gasteiger partial charge in [-0.3, -0.25) is 9.69 Å². The molecule has 1 aliphatic rings. The van der Waals surface area contributed by atoms with Gasteiger partial charge >= 0.3 is 0 Å². The van der Waals surface area contributed by atoms with Gasteiger partial charge in [-0.2, -0.15) is 0 Å². The minimum absolute atomic E-state index is 0.153. The van der Waals surface area contributed by atoms with E-state index in [1.165, 1.54) is 4.90 Å². The number of carbonyl (C=O) groups is 1. The van der Waals surface area contributed by atoms with E-state index in [9.17, 15) is 9.90 Å². The maximum absolute atomic E-state index is 12.7. The Labute approximate surface area is 140 Å². The molecule has 2 aromatic rings. The van der Waals surface area contributed by atoms with Crippen LogP contribution in [0.5, 0.6) is 5.75 Å². The van der Waals surface area contributed by atoms with Crippen LogP contribution in [-0.4, -0.2) is 16.1 Å². The van der Waals surface area contributed by atoms with Crippen LogP contribution < -0.4 is 10.2 Å². The highest BCUT2D eigenvalue weighted by Gasteiger charge is 2.32. The van der Waals surface area contributed by atoms with Gasteiger partial charge in [0.05, 0.1) is 5.69 Å². The number of nitrogens with zero attached hydrogens (tertiary/aromatic N) is 1. The van der Waals surface area contributed by atoms with Crippen LogP contribution in [0.15, 0.2) is 54.2 Å². The number of thiocarbonyl (C=S) groups is 1. The maximum atomic E-state index is 12.7. The van der Waals surface area contributed by atoms with Crippen LogP contribution in [0.1, 0.15) is 18.1 Å². The van der Waals surface area contributed by atoms with Crippen molar-refractivity contribution < 1.29 is 9.90 Å². The van der Waals surface area contributed by atoms with Gasteiger partial charge in [0.1, 0.15) is 11.4 Å². The zero-order valence-corrected chi connectivity index (χ0v) is 13.4. The van der Waals surface area contributed by atoms with Crippen molar-refractivity contribution in [3.8, 4) is 5.75 Å². The molecule has 0 aromatic heterocycles. The molecule has 23 heavy (non-hydrogen) atoms. The number of aryl methyl sites for hydroxylation is 1. The summed E-state index contributed by atoms with van der Waals surface area (Å²) in [6.45, 7) is 2.04. The highest BCUT2D eigenvalue weighted by molar-refractivity contribution is 7.80. The average molecular weight is 324 g/mol. The number of amides is 1. The van der Waals surface area contributed by atoms with Gasteiger partial charge < -0.3 is 10.4 Å². The molecule has 0 radical (unpaired) electrons. The van der Waals surface area contributed by atoms with Crippen molar-refractivity contribution in [2.75, 3.05) is 4.90 Å². The molecule has 4 nitrogen and oxygen atoms in total. The maximum Gasteiger partial charge on any atom is 0.281 e. The van der Waals surface area contributed by atoms with Crippen LogP contribution in [0.4, 0.5) is 5.69 Å². The number of phenols is 1. The predicted octanol–water partition coefficient (Wildman–Crippen LogP) is 3.22. The van der Waals surface area contributed by atoms with E-state index in [4.69, 9.17) is 12.2 Å². The average Bonchev–Trinajstić information content (AvgIpc) is 2.81. The van der Waals surface area contributed by atoms with Crippen LogP contribution in [0.3, 0.4) is 0 Å². The van der Waals surface area contributed by atoms with Crippen molar-refractivity contribution in [1.29, 1.82) is 0 Å². The Balaban J connectivity index is 1.97. The van der Waals surface area contributed by atoms with Crippen molar-refractivity contribution >= 4 is 35.0 Å². The Morgan fingerprint density at radius 3 is 2.74 bits per heavy atom. The number of nitrogens with one attached hydrogen (secondary N) is 1. The first kappa shape index (κ1) is 15.2. The minimum Gasteiger partial charge on any atom is -0.508 e. The Morgan fingerprint density at radius 2 is 2.00 bits per heavy atom. The van der Waals surface area contributed by atoms with Crippen LogP contribution in [0.25, 0.3) is 6.08 Å². The SMILES string of the molecule is CCc1ccccc1N1C(=O)/C(=C\c2cccc(O)c2)NC1=S. The van der Waals surface area contributed by atoms with Gasteiger partial charge in [0, 0.05) is 0 Å². The third kappa shape index (κ3) is 2.96. The van der Waals surface area contributed by atoms with Gasteiger partial charge in [-0.25, -0.2) is 0 Å². The molecule has 1 aliphatic heterocycles. The van der Waals surface area contributed by atoms with Crippen molar-refractivity contribution in [1.82, 2.24) is 5.32 Å². The Morgan fingerprint density at radius 1 is 1.22 bits per heavy atom. The lowest BCUT2D eigenvalue weighted by atomic mass is 10.1. The van der Waals surface area contributed by atoms with Crippen molar-refractivity contribution in [3.63, 3.8) is 0 Å². The van der Waals surface area contributed by atoms with E-state index in [0.29, 0.717) is 10.8 Å². The molecule has 1 heterocycles. The zero-order chi connectivity index (χ0) is 16.4. The fourth-order valence-corrected chi connectivity index (χ4v) is 2.85. The summed E-state index contributed by atoms with van der Waals surface area (Å²) in [6, 6.07) is 14.4. The van der Waals surface area contributed by atoms with E-state index < -0.39 is 0 Å². The molecule has 1 amide bonds. The highest BCUT2D eigenvalue weighted by Crippen LogP contribution is 2.26. The molecule has 3 rings (SSSR count). The molecule has 0 saturated carbocycles. The third-order valence-corrected chi connectivity index (χ3v) is 3.96. The lowest BCUT2D eigenvalue weighted by molar-refractivity contribution is -0.113. The first-order valence-electron chi connectivity index (χ1n) is 7.34. The fourth-order valence-electron chi connectivity index (χ4n) is 2.56. The van der Waals surface area contributed by atoms with Gasteiger partial charge in [-0.05, 0) is 54.0 Å². The molecule has 0 unspecified atom stereocenters. The zero-order valence-electron chi connectivity index (χ0n) is 12.6. The summed E-state index contributed by atoms with van der Waals surface area (Å²) in [5.41, 5.74) is 2.99. The molecule has 1 fully saturated rings. The quantitative estimate of drug-likeness (QED) is 0.672. The van der Waals surface area contributed by atoms with E-state index in [-0.39, 0.29) is 11.7 Å². The number of hydrogen-bond donors (Lipinski definition) is 2. The van der Waals surface area contributed by atoms with Crippen LogP contribution in [0.2, 0.25) is 0 Å². The summed E-state index contributed by atoms with van der Waals surface area (Å²) in [7, 11) is 0. The summed E-state index contributed by atoms with van der Waals surface area (Å²) in [6.07, 6.45) is 2.50. The molecule has 0 spiro atoms. The van der Waals surface area contributed by atoms with E-state index in [1.807, 2.05) is 37.3 Å². The molecule has 5 heteroatoms. The first-order chi connectivity index (χ1) is 11.1. The lowest BCUT2D eigenvalue weighted by Crippen LogP contribution is -2.31. The second-order valence-electron chi connectivity index (χ2n) is 5.21. The molecular weight excluding hydrogens is 308 g/mol. The topological polar surface area (TPSA) is 52.6 Å². The van der Waals surface area contributed by atoms with Gasteiger partial charge in [0.15, 0.2) is 5.11 Å². The molecule has 0 atom stereocenters. The van der Waals surface area contributed by atoms with Crippen LogP contribution in [0, 0.1) is 0 Å². The number of para-hydroxylation sites is 1. The number of rotatable bonds is 3. The molecule has 1 saturated heterocycles. The van der Waals surface area contributed by atoms with Crippen LogP contribution in [-0.2, 0) is 11.2 Å². The second-order valence-corrected chi connectivity index (χ2v) is 5.59. The summed E-state index contributed by atoms with van der Waals surface area (Å²) < 4.78 is 0. The Kier molecular flexibility index (Phi) is 4.12. The van der Waals surface area contributed by atoms with Crippen molar-refractivity contribution in [2.45, 2.75) is 13.3 Å². The van der Waals surface area contributed by atoms with E-state index in [0.717, 1.165) is 23.2 Å². The predicted molar refractivity (Wildman–Crippen MR) is 95.1 cm³/mol. The van der Waals surface area contributed by atoms with E-state index in [2.05, 4.69) is 5.32 Å². The molecule has 0 bridgehead atoms. The van der Waals surface area contributed by atoms with Crippen molar-refractivity contribution in [3.05, 3.63) is 65.4 Å². The van der Waals surface area contributed by atoms with Gasteiger partial charge in [-0.15, -0.1) is 0 Å². The molecule has 0 aliphatic carbocycles. The number of carbonyl (C=O) groups excluding carboxylic acids is 1. The molecule has 2 N–H and O–H groups in total. The summed E-state index contributed by atoms with van der Waals surface area (Å²) in [5, 5.41) is 12.9. The normalized spacial score (nSPS) is 16.0. The molecule has 116 valence electrons. The standard InChI is InChI=1S/C18H16N2O2S/c1-2-13-7-3-4-9-16(13)20-17(22)15(19-18(20)23)11-12-6-5-8-14(21)10-12/h3-11,21H,2H2,1H3,(H,19,23)/b15-11+. The lowest BCUT2D eigenvalue weighted by Gasteiger charge is -2.17. The number of aromatic hydroxyl groups is 1. The summed E-state index contributed by atoms with van der Waals surface area (Å²) >= 11 is 5.33. The Bertz CT molecular complexity index is 814. The molecule has 2 aromatic carbocycles. The van der Waals surface area contributed by atoms with Crippen molar-refractivity contribution in [2.24, 2.45) is 0 Å². The van der Waals surface area contributed by atoms with Gasteiger partial charge in [0.25, 0.3) is 5.91 Å². The highest BCUT2D eigenvalue weighted by atomic mass is 32.1. The smallest absolute Gasteiger partial charge is 0.281 e. The molecular formula is C18H16N2O2S. The second kappa shape index (κ2) is 6.22. The number of benzene rings is 2. The monoisotopic (exact) mass is 324 g/mol. The number of hydrogen-bond acceptors (Lipinski definition) is 3. The number of phenolic OH excluding ortho intramolecular Hbond substituents is 1. The largest absolute Gasteiger partial charge is 0.508 e. The van der Waals surface area contributed by atoms with Gasteiger partial charge in [-0.1, -0.05) is 37.3 Å². The third-order valence-electron chi connectivity index (χ3n) is 3.67. The first-order valence-corrected chi connectivity index (χ1v) is 7.75. The van der Waals surface area contributed by atoms with Crippen LogP contribution >= 0.6 is 12.2 Å². The van der Waals surface area contributed by atoms with Gasteiger partial charge in [0.2, 0.25) is 0 Å². The minimum atomic E-state index is -0.195. The van der Waals surface area contributed by atoms with E-state index in [1.54, 1.807) is 24.3 Å². The Hall–Kier alpha value is -2.66.